The van der Waals surface area contributed by atoms with E-state index in [1.165, 1.54) is 40.9 Å². The summed E-state index contributed by atoms with van der Waals surface area (Å²) in [6.45, 7) is 5.47. The first-order valence-electron chi connectivity index (χ1n) is 9.90. The van der Waals surface area contributed by atoms with E-state index in [2.05, 4.69) is 50.9 Å². The average Bonchev–Trinajstić information content (AvgIpc) is 3.17. The van der Waals surface area contributed by atoms with Crippen LogP contribution in [-0.2, 0) is 13.0 Å². The quantitative estimate of drug-likeness (QED) is 0.759. The van der Waals surface area contributed by atoms with Gasteiger partial charge in [0.1, 0.15) is 12.0 Å². The fourth-order valence-corrected chi connectivity index (χ4v) is 4.68. The third-order valence-electron chi connectivity index (χ3n) is 6.27. The summed E-state index contributed by atoms with van der Waals surface area (Å²) in [6.07, 6.45) is 8.99. The lowest BCUT2D eigenvalue weighted by molar-refractivity contribution is 0.252. The fourth-order valence-electron chi connectivity index (χ4n) is 4.68. The first-order valence-corrected chi connectivity index (χ1v) is 9.90. The van der Waals surface area contributed by atoms with Crippen LogP contribution in [0, 0.1) is 0 Å². The molecule has 0 aromatic carbocycles. The molecule has 5 heterocycles. The maximum absolute atomic E-state index is 4.77. The molecule has 1 saturated heterocycles. The standard InChI is InChI=1S/C21H26N6/c1-14-11-18-17(20(25-13-24-18)15-5-9-26(2)10-6-15)12-27(14)19-4-8-23-21-16(19)3-7-22-21/h3-4,7-8,13-15H,5-6,9-12H2,1-2H3,(H,22,23). The van der Waals surface area contributed by atoms with Gasteiger partial charge in [0.25, 0.3) is 0 Å². The first-order chi connectivity index (χ1) is 13.2. The predicted octanol–water partition coefficient (Wildman–Crippen LogP) is 3.11. The van der Waals surface area contributed by atoms with E-state index in [4.69, 9.17) is 4.98 Å². The molecule has 1 unspecified atom stereocenters. The van der Waals surface area contributed by atoms with Crippen LogP contribution in [0.1, 0.15) is 42.6 Å². The number of nitrogens with one attached hydrogen (secondary N) is 1. The zero-order valence-electron chi connectivity index (χ0n) is 16.0. The third kappa shape index (κ3) is 2.88. The van der Waals surface area contributed by atoms with Crippen LogP contribution in [0.3, 0.4) is 0 Å². The Kier molecular flexibility index (Phi) is 4.08. The molecule has 6 nitrogen and oxygen atoms in total. The third-order valence-corrected chi connectivity index (χ3v) is 6.27. The van der Waals surface area contributed by atoms with Crippen molar-refractivity contribution in [2.75, 3.05) is 25.0 Å². The van der Waals surface area contributed by atoms with Crippen LogP contribution in [0.4, 0.5) is 5.69 Å². The van der Waals surface area contributed by atoms with Gasteiger partial charge >= 0.3 is 0 Å². The number of nitrogens with zero attached hydrogens (tertiary/aromatic N) is 5. The summed E-state index contributed by atoms with van der Waals surface area (Å²) in [5, 5.41) is 1.19. The number of rotatable bonds is 2. The number of likely N-dealkylation sites (tertiary alicyclic amines) is 1. The van der Waals surface area contributed by atoms with Crippen molar-refractivity contribution in [1.82, 2.24) is 24.8 Å². The summed E-state index contributed by atoms with van der Waals surface area (Å²) in [6, 6.07) is 4.66. The van der Waals surface area contributed by atoms with Crippen LogP contribution < -0.4 is 4.90 Å². The van der Waals surface area contributed by atoms with Crippen molar-refractivity contribution in [1.29, 1.82) is 0 Å². The van der Waals surface area contributed by atoms with E-state index in [1.54, 1.807) is 6.33 Å². The molecule has 1 fully saturated rings. The molecule has 140 valence electrons. The first kappa shape index (κ1) is 16.7. The molecule has 5 rings (SSSR count). The van der Waals surface area contributed by atoms with Gasteiger partial charge in [0.2, 0.25) is 0 Å². The van der Waals surface area contributed by atoms with Gasteiger partial charge in [0, 0.05) is 54.0 Å². The van der Waals surface area contributed by atoms with Crippen molar-refractivity contribution in [3.05, 3.63) is 47.8 Å². The highest BCUT2D eigenvalue weighted by Gasteiger charge is 2.31. The lowest BCUT2D eigenvalue weighted by Crippen LogP contribution is -2.40. The lowest BCUT2D eigenvalue weighted by atomic mass is 9.87. The van der Waals surface area contributed by atoms with E-state index in [9.17, 15) is 0 Å². The molecule has 1 atom stereocenters. The molecule has 6 heteroatoms. The van der Waals surface area contributed by atoms with E-state index >= 15 is 0 Å². The Balaban J connectivity index is 1.53. The van der Waals surface area contributed by atoms with Crippen LogP contribution in [0.2, 0.25) is 0 Å². The number of hydrogen-bond donors (Lipinski definition) is 1. The monoisotopic (exact) mass is 362 g/mol. The number of piperidine rings is 1. The molecular weight excluding hydrogens is 336 g/mol. The molecule has 0 spiro atoms. The molecule has 0 bridgehead atoms. The molecule has 3 aromatic rings. The number of aromatic nitrogens is 4. The zero-order valence-corrected chi connectivity index (χ0v) is 16.0. The van der Waals surface area contributed by atoms with Crippen LogP contribution in [0.15, 0.2) is 30.9 Å². The minimum absolute atomic E-state index is 0.401. The Morgan fingerprint density at radius 1 is 1.11 bits per heavy atom. The van der Waals surface area contributed by atoms with E-state index < -0.39 is 0 Å². The van der Waals surface area contributed by atoms with Gasteiger partial charge in [0.15, 0.2) is 0 Å². The number of pyridine rings is 1. The minimum Gasteiger partial charge on any atom is -0.363 e. The van der Waals surface area contributed by atoms with Crippen molar-refractivity contribution in [2.45, 2.75) is 44.7 Å². The average molecular weight is 362 g/mol. The summed E-state index contributed by atoms with van der Waals surface area (Å²) in [5.41, 5.74) is 6.07. The second kappa shape index (κ2) is 6.60. The van der Waals surface area contributed by atoms with Crippen molar-refractivity contribution in [3.63, 3.8) is 0 Å². The molecule has 2 aliphatic rings. The number of fused-ring (bicyclic) bond motifs is 2. The van der Waals surface area contributed by atoms with Gasteiger partial charge < -0.3 is 14.8 Å². The summed E-state index contributed by atoms with van der Waals surface area (Å²) in [5.74, 6) is 0.554. The fraction of sp³-hybridized carbons (Fsp3) is 0.476. The van der Waals surface area contributed by atoms with E-state index in [-0.39, 0.29) is 0 Å². The number of aromatic amines is 1. The number of H-pyrrole nitrogens is 1. The van der Waals surface area contributed by atoms with Crippen molar-refractivity contribution in [2.24, 2.45) is 0 Å². The predicted molar refractivity (Wildman–Crippen MR) is 107 cm³/mol. The highest BCUT2D eigenvalue weighted by Crippen LogP contribution is 2.36. The molecule has 0 radical (unpaired) electrons. The topological polar surface area (TPSA) is 60.9 Å². The van der Waals surface area contributed by atoms with Gasteiger partial charge in [-0.1, -0.05) is 0 Å². The van der Waals surface area contributed by atoms with E-state index in [0.717, 1.165) is 31.7 Å². The van der Waals surface area contributed by atoms with Crippen molar-refractivity contribution in [3.8, 4) is 0 Å². The molecule has 2 aliphatic heterocycles. The van der Waals surface area contributed by atoms with Crippen molar-refractivity contribution < 1.29 is 0 Å². The largest absolute Gasteiger partial charge is 0.363 e. The Morgan fingerprint density at radius 2 is 1.96 bits per heavy atom. The highest BCUT2D eigenvalue weighted by molar-refractivity contribution is 5.90. The van der Waals surface area contributed by atoms with Crippen LogP contribution in [0.25, 0.3) is 11.0 Å². The number of hydrogen-bond acceptors (Lipinski definition) is 5. The van der Waals surface area contributed by atoms with Gasteiger partial charge in [-0.25, -0.2) is 15.0 Å². The second-order valence-electron chi connectivity index (χ2n) is 8.01. The Morgan fingerprint density at radius 3 is 2.81 bits per heavy atom. The summed E-state index contributed by atoms with van der Waals surface area (Å²) in [4.78, 5) is 22.0. The molecule has 0 aliphatic carbocycles. The summed E-state index contributed by atoms with van der Waals surface area (Å²) in [7, 11) is 2.21. The summed E-state index contributed by atoms with van der Waals surface area (Å²) < 4.78 is 0. The Labute approximate surface area is 159 Å². The summed E-state index contributed by atoms with van der Waals surface area (Å²) >= 11 is 0. The Bertz CT molecular complexity index is 956. The van der Waals surface area contributed by atoms with Gasteiger partial charge in [0.05, 0.1) is 11.4 Å². The molecule has 1 N–H and O–H groups in total. The normalized spacial score (nSPS) is 21.6. The minimum atomic E-state index is 0.401. The highest BCUT2D eigenvalue weighted by atomic mass is 15.2. The maximum atomic E-state index is 4.77. The number of anilines is 1. The lowest BCUT2D eigenvalue weighted by Gasteiger charge is -2.38. The molecular formula is C21H26N6. The SMILES string of the molecule is CC1Cc2ncnc(C3CCN(C)CC3)c2CN1c1ccnc2[nH]ccc12. The Hall–Kier alpha value is -2.47. The van der Waals surface area contributed by atoms with Gasteiger partial charge in [-0.15, -0.1) is 0 Å². The van der Waals surface area contributed by atoms with Crippen LogP contribution in [0.5, 0.6) is 0 Å². The molecule has 3 aromatic heterocycles. The zero-order chi connectivity index (χ0) is 18.4. The molecule has 0 saturated carbocycles. The second-order valence-corrected chi connectivity index (χ2v) is 8.01. The van der Waals surface area contributed by atoms with Crippen LogP contribution >= 0.6 is 0 Å². The van der Waals surface area contributed by atoms with Gasteiger partial charge in [-0.05, 0) is 52.0 Å². The van der Waals surface area contributed by atoms with Crippen LogP contribution in [-0.4, -0.2) is 51.0 Å². The van der Waals surface area contributed by atoms with E-state index in [1.807, 2.05) is 12.4 Å². The van der Waals surface area contributed by atoms with Gasteiger partial charge in [-0.3, -0.25) is 0 Å². The van der Waals surface area contributed by atoms with E-state index in [0.29, 0.717) is 12.0 Å². The van der Waals surface area contributed by atoms with Crippen molar-refractivity contribution >= 4 is 16.7 Å². The molecule has 27 heavy (non-hydrogen) atoms. The molecule has 0 amide bonds. The van der Waals surface area contributed by atoms with Gasteiger partial charge in [-0.2, -0.15) is 0 Å². The maximum Gasteiger partial charge on any atom is 0.139 e. The smallest absolute Gasteiger partial charge is 0.139 e.